The zero-order valence-corrected chi connectivity index (χ0v) is 16.7. The molecule has 3 heterocycles. The molecule has 2 aliphatic heterocycles. The Bertz CT molecular complexity index is 770. The Labute approximate surface area is 168 Å². The van der Waals surface area contributed by atoms with E-state index in [1.807, 2.05) is 23.2 Å². The predicted molar refractivity (Wildman–Crippen MR) is 114 cm³/mol. The van der Waals surface area contributed by atoms with Gasteiger partial charge < -0.3 is 9.80 Å². The van der Waals surface area contributed by atoms with Crippen LogP contribution in [0.3, 0.4) is 0 Å². The quantitative estimate of drug-likeness (QED) is 0.767. The molecule has 148 valence electrons. The topological polar surface area (TPSA) is 36.4 Å². The third-order valence-corrected chi connectivity index (χ3v) is 6.16. The predicted octanol–water partition coefficient (Wildman–Crippen LogP) is 4.56. The van der Waals surface area contributed by atoms with Gasteiger partial charge in [0.05, 0.1) is 5.56 Å². The summed E-state index contributed by atoms with van der Waals surface area (Å²) < 4.78 is 0. The summed E-state index contributed by atoms with van der Waals surface area (Å²) in [6, 6.07) is 14.6. The van der Waals surface area contributed by atoms with Crippen molar-refractivity contribution in [2.45, 2.75) is 44.9 Å². The first kappa shape index (κ1) is 19.0. The molecule has 4 rings (SSSR count). The van der Waals surface area contributed by atoms with Gasteiger partial charge in [0.15, 0.2) is 0 Å². The summed E-state index contributed by atoms with van der Waals surface area (Å²) in [6.07, 6.45) is 10.1. The third kappa shape index (κ3) is 4.54. The number of hydrogen-bond acceptors (Lipinski definition) is 3. The standard InChI is InChI=1S/C24H31N3O/c28-24(26-16-5-2-6-17-26)22-12-7-15-25-23(22)27-18-8-11-21(19-27)14-13-20-9-3-1-4-10-20/h1,3-4,7,9-10,12,15,21H,2,5-6,8,11,13-14,16-19H2. The van der Waals surface area contributed by atoms with Crippen LogP contribution in [0.25, 0.3) is 0 Å². The van der Waals surface area contributed by atoms with Crippen molar-refractivity contribution in [3.63, 3.8) is 0 Å². The second-order valence-corrected chi connectivity index (χ2v) is 8.21. The van der Waals surface area contributed by atoms with Crippen molar-refractivity contribution in [1.29, 1.82) is 0 Å². The van der Waals surface area contributed by atoms with Crippen molar-refractivity contribution in [3.8, 4) is 0 Å². The molecule has 2 saturated heterocycles. The fourth-order valence-corrected chi connectivity index (χ4v) is 4.59. The van der Waals surface area contributed by atoms with Crippen LogP contribution < -0.4 is 4.90 Å². The summed E-state index contributed by atoms with van der Waals surface area (Å²) >= 11 is 0. The Kier molecular flexibility index (Phi) is 6.25. The molecule has 0 saturated carbocycles. The Morgan fingerprint density at radius 3 is 2.61 bits per heavy atom. The van der Waals surface area contributed by atoms with Gasteiger partial charge in [0.2, 0.25) is 0 Å². The van der Waals surface area contributed by atoms with E-state index >= 15 is 0 Å². The number of aromatic nitrogens is 1. The molecule has 0 N–H and O–H groups in total. The van der Waals surface area contributed by atoms with Crippen LogP contribution in [-0.2, 0) is 6.42 Å². The minimum Gasteiger partial charge on any atom is -0.356 e. The highest BCUT2D eigenvalue weighted by Gasteiger charge is 2.27. The number of likely N-dealkylation sites (tertiary alicyclic amines) is 1. The second kappa shape index (κ2) is 9.22. The van der Waals surface area contributed by atoms with Crippen molar-refractivity contribution >= 4 is 11.7 Å². The van der Waals surface area contributed by atoms with Crippen molar-refractivity contribution in [2.75, 3.05) is 31.1 Å². The molecule has 0 bridgehead atoms. The maximum Gasteiger partial charge on any atom is 0.257 e. The average molecular weight is 378 g/mol. The van der Waals surface area contributed by atoms with Crippen LogP contribution >= 0.6 is 0 Å². The average Bonchev–Trinajstić information content (AvgIpc) is 2.79. The Morgan fingerprint density at radius 1 is 0.964 bits per heavy atom. The molecule has 1 amide bonds. The molecule has 0 spiro atoms. The minimum atomic E-state index is 0.161. The van der Waals surface area contributed by atoms with Gasteiger partial charge >= 0.3 is 0 Å². The molecule has 0 aliphatic carbocycles. The van der Waals surface area contributed by atoms with Crippen molar-refractivity contribution in [1.82, 2.24) is 9.88 Å². The number of anilines is 1. The zero-order valence-electron chi connectivity index (χ0n) is 16.7. The van der Waals surface area contributed by atoms with Gasteiger partial charge in [-0.2, -0.15) is 0 Å². The van der Waals surface area contributed by atoms with Gasteiger partial charge in [0.1, 0.15) is 5.82 Å². The van der Waals surface area contributed by atoms with E-state index < -0.39 is 0 Å². The molecule has 4 nitrogen and oxygen atoms in total. The summed E-state index contributed by atoms with van der Waals surface area (Å²) in [4.78, 5) is 22.1. The summed E-state index contributed by atoms with van der Waals surface area (Å²) in [6.45, 7) is 3.77. The third-order valence-electron chi connectivity index (χ3n) is 6.16. The Hall–Kier alpha value is -2.36. The fraction of sp³-hybridized carbons (Fsp3) is 0.500. The summed E-state index contributed by atoms with van der Waals surface area (Å²) in [5.41, 5.74) is 2.20. The lowest BCUT2D eigenvalue weighted by Gasteiger charge is -2.35. The molecular formula is C24H31N3O. The molecule has 1 aromatic heterocycles. The number of aryl methyl sites for hydroxylation is 1. The first-order valence-corrected chi connectivity index (χ1v) is 10.8. The van der Waals surface area contributed by atoms with E-state index in [0.29, 0.717) is 5.92 Å². The molecule has 1 aromatic carbocycles. The van der Waals surface area contributed by atoms with Crippen molar-refractivity contribution < 1.29 is 4.79 Å². The maximum absolute atomic E-state index is 13.1. The van der Waals surface area contributed by atoms with Crippen molar-refractivity contribution in [2.24, 2.45) is 5.92 Å². The van der Waals surface area contributed by atoms with E-state index in [0.717, 1.165) is 56.8 Å². The first-order valence-electron chi connectivity index (χ1n) is 10.8. The lowest BCUT2D eigenvalue weighted by Crippen LogP contribution is -2.40. The largest absolute Gasteiger partial charge is 0.356 e. The number of amides is 1. The van der Waals surface area contributed by atoms with Crippen molar-refractivity contribution in [3.05, 3.63) is 59.8 Å². The lowest BCUT2D eigenvalue weighted by molar-refractivity contribution is 0.0724. The SMILES string of the molecule is O=C(c1cccnc1N1CCCC(CCc2ccccc2)C1)N1CCCCC1. The molecule has 1 atom stereocenters. The van der Waals surface area contributed by atoms with Gasteiger partial charge in [-0.05, 0) is 68.6 Å². The van der Waals surface area contributed by atoms with Crippen LogP contribution in [0.2, 0.25) is 0 Å². The number of carbonyl (C=O) groups excluding carboxylic acids is 1. The van der Waals surface area contributed by atoms with E-state index in [-0.39, 0.29) is 5.91 Å². The maximum atomic E-state index is 13.1. The van der Waals surface area contributed by atoms with Gasteiger partial charge in [-0.25, -0.2) is 4.98 Å². The Morgan fingerprint density at radius 2 is 1.79 bits per heavy atom. The number of carbonyl (C=O) groups is 1. The fourth-order valence-electron chi connectivity index (χ4n) is 4.59. The number of nitrogens with zero attached hydrogens (tertiary/aromatic N) is 3. The molecule has 0 radical (unpaired) electrons. The number of pyridine rings is 1. The summed E-state index contributed by atoms with van der Waals surface area (Å²) in [7, 11) is 0. The smallest absolute Gasteiger partial charge is 0.257 e. The lowest BCUT2D eigenvalue weighted by atomic mass is 9.91. The molecule has 1 unspecified atom stereocenters. The van der Waals surface area contributed by atoms with E-state index in [4.69, 9.17) is 0 Å². The van der Waals surface area contributed by atoms with Gasteiger partial charge in [0, 0.05) is 32.4 Å². The van der Waals surface area contributed by atoms with Gasteiger partial charge in [-0.3, -0.25) is 4.79 Å². The van der Waals surface area contributed by atoms with E-state index in [1.54, 1.807) is 0 Å². The van der Waals surface area contributed by atoms with E-state index in [9.17, 15) is 4.79 Å². The van der Waals surface area contributed by atoms with Crippen LogP contribution in [0, 0.1) is 5.92 Å². The monoisotopic (exact) mass is 377 g/mol. The number of piperidine rings is 2. The van der Waals surface area contributed by atoms with Crippen LogP contribution in [0.5, 0.6) is 0 Å². The highest BCUT2D eigenvalue weighted by atomic mass is 16.2. The minimum absolute atomic E-state index is 0.161. The zero-order chi connectivity index (χ0) is 19.2. The summed E-state index contributed by atoms with van der Waals surface area (Å²) in [5, 5.41) is 0. The highest BCUT2D eigenvalue weighted by Crippen LogP contribution is 2.28. The van der Waals surface area contributed by atoms with Crippen LogP contribution in [-0.4, -0.2) is 42.0 Å². The van der Waals surface area contributed by atoms with Gasteiger partial charge in [-0.15, -0.1) is 0 Å². The second-order valence-electron chi connectivity index (χ2n) is 8.21. The molecule has 2 aliphatic rings. The van der Waals surface area contributed by atoms with Crippen LogP contribution in [0.15, 0.2) is 48.7 Å². The molecule has 28 heavy (non-hydrogen) atoms. The molecule has 4 heteroatoms. The van der Waals surface area contributed by atoms with Crippen LogP contribution in [0.4, 0.5) is 5.82 Å². The van der Waals surface area contributed by atoms with E-state index in [2.05, 4.69) is 40.2 Å². The molecule has 2 fully saturated rings. The first-order chi connectivity index (χ1) is 13.8. The number of hydrogen-bond donors (Lipinski definition) is 0. The van der Waals surface area contributed by atoms with Gasteiger partial charge in [0.25, 0.3) is 5.91 Å². The molecule has 2 aromatic rings. The normalized spacial score (nSPS) is 20.2. The number of benzene rings is 1. The molecular weight excluding hydrogens is 346 g/mol. The van der Waals surface area contributed by atoms with Crippen LogP contribution in [0.1, 0.15) is 54.4 Å². The van der Waals surface area contributed by atoms with Gasteiger partial charge in [-0.1, -0.05) is 30.3 Å². The Balaban J connectivity index is 1.44. The number of rotatable bonds is 5. The van der Waals surface area contributed by atoms with E-state index in [1.165, 1.54) is 31.2 Å². The summed E-state index contributed by atoms with van der Waals surface area (Å²) in [5.74, 6) is 1.71. The highest BCUT2D eigenvalue weighted by molar-refractivity contribution is 5.99.